The van der Waals surface area contributed by atoms with E-state index >= 15 is 0 Å². The lowest BCUT2D eigenvalue weighted by Gasteiger charge is -2.04. The molecule has 0 spiro atoms. The molecule has 0 radical (unpaired) electrons. The number of thioether (sulfide) groups is 1. The van der Waals surface area contributed by atoms with Gasteiger partial charge in [0.25, 0.3) is 0 Å². The third-order valence-corrected chi connectivity index (χ3v) is 4.15. The predicted octanol–water partition coefficient (Wildman–Crippen LogP) is 4.38. The Bertz CT molecular complexity index is 586. The van der Waals surface area contributed by atoms with Crippen LogP contribution in [0.3, 0.4) is 0 Å². The van der Waals surface area contributed by atoms with E-state index in [9.17, 15) is 9.18 Å². The third kappa shape index (κ3) is 4.08. The van der Waals surface area contributed by atoms with Gasteiger partial charge < -0.3 is 0 Å². The topological polar surface area (TPSA) is 17.1 Å². The van der Waals surface area contributed by atoms with Gasteiger partial charge in [-0.1, -0.05) is 41.9 Å². The molecule has 98 valence electrons. The number of rotatable bonds is 5. The zero-order valence-electron chi connectivity index (χ0n) is 10.1. The van der Waals surface area contributed by atoms with Crippen molar-refractivity contribution in [2.75, 3.05) is 5.75 Å². The lowest BCUT2D eigenvalue weighted by atomic mass is 10.1. The monoisotopic (exact) mass is 294 g/mol. The van der Waals surface area contributed by atoms with E-state index in [1.165, 1.54) is 17.8 Å². The molecule has 19 heavy (non-hydrogen) atoms. The van der Waals surface area contributed by atoms with E-state index in [0.717, 1.165) is 4.90 Å². The maximum absolute atomic E-state index is 13.4. The van der Waals surface area contributed by atoms with E-state index in [0.29, 0.717) is 10.6 Å². The lowest BCUT2D eigenvalue weighted by molar-refractivity contribution is -0.116. The highest BCUT2D eigenvalue weighted by Crippen LogP contribution is 2.26. The number of ketones is 1. The van der Waals surface area contributed by atoms with Crippen LogP contribution >= 0.6 is 23.4 Å². The SMILES string of the molecule is O=C(CSc1ccccc1Cl)Cc1ccccc1F. The summed E-state index contributed by atoms with van der Waals surface area (Å²) >= 11 is 7.38. The van der Waals surface area contributed by atoms with Gasteiger partial charge in [0.1, 0.15) is 11.6 Å². The summed E-state index contributed by atoms with van der Waals surface area (Å²) in [7, 11) is 0. The van der Waals surface area contributed by atoms with Crippen molar-refractivity contribution in [3.63, 3.8) is 0 Å². The Balaban J connectivity index is 1.92. The van der Waals surface area contributed by atoms with E-state index in [1.54, 1.807) is 24.3 Å². The van der Waals surface area contributed by atoms with Crippen LogP contribution in [0.1, 0.15) is 5.56 Å². The first-order valence-electron chi connectivity index (χ1n) is 5.79. The quantitative estimate of drug-likeness (QED) is 0.761. The molecule has 0 aromatic heterocycles. The maximum Gasteiger partial charge on any atom is 0.147 e. The Morgan fingerprint density at radius 2 is 1.79 bits per heavy atom. The van der Waals surface area contributed by atoms with Crippen LogP contribution in [0.2, 0.25) is 5.02 Å². The average molecular weight is 295 g/mol. The molecule has 0 bridgehead atoms. The zero-order valence-corrected chi connectivity index (χ0v) is 11.7. The van der Waals surface area contributed by atoms with Crippen LogP contribution in [-0.4, -0.2) is 11.5 Å². The summed E-state index contributed by atoms with van der Waals surface area (Å²) in [6.45, 7) is 0. The molecule has 0 heterocycles. The van der Waals surface area contributed by atoms with Gasteiger partial charge in [-0.25, -0.2) is 4.39 Å². The standard InChI is InChI=1S/C15H12ClFOS/c16-13-6-2-4-8-15(13)19-10-12(18)9-11-5-1-3-7-14(11)17/h1-8H,9-10H2. The van der Waals surface area contributed by atoms with Gasteiger partial charge >= 0.3 is 0 Å². The summed E-state index contributed by atoms with van der Waals surface area (Å²) in [5.74, 6) is -0.0634. The summed E-state index contributed by atoms with van der Waals surface area (Å²) in [6, 6.07) is 13.7. The van der Waals surface area contributed by atoms with Crippen LogP contribution in [-0.2, 0) is 11.2 Å². The van der Waals surface area contributed by atoms with Crippen LogP contribution in [0.5, 0.6) is 0 Å². The first-order valence-corrected chi connectivity index (χ1v) is 7.15. The number of halogens is 2. The number of carbonyl (C=O) groups is 1. The molecule has 0 saturated carbocycles. The minimum absolute atomic E-state index is 0.0185. The predicted molar refractivity (Wildman–Crippen MR) is 77.3 cm³/mol. The molecule has 0 saturated heterocycles. The fraction of sp³-hybridized carbons (Fsp3) is 0.133. The van der Waals surface area contributed by atoms with Crippen LogP contribution in [0.4, 0.5) is 4.39 Å². The van der Waals surface area contributed by atoms with Gasteiger partial charge in [-0.05, 0) is 23.8 Å². The number of benzene rings is 2. The molecule has 0 atom stereocenters. The Labute approximate surface area is 120 Å². The van der Waals surface area contributed by atoms with Crippen molar-refractivity contribution in [2.24, 2.45) is 0 Å². The Morgan fingerprint density at radius 1 is 1.11 bits per heavy atom. The molecular weight excluding hydrogens is 283 g/mol. The molecule has 1 nitrogen and oxygen atoms in total. The Morgan fingerprint density at radius 3 is 2.53 bits per heavy atom. The molecule has 0 aliphatic heterocycles. The molecule has 2 aromatic carbocycles. The van der Waals surface area contributed by atoms with Gasteiger partial charge in [-0.2, -0.15) is 0 Å². The van der Waals surface area contributed by atoms with E-state index in [2.05, 4.69) is 0 Å². The smallest absolute Gasteiger partial charge is 0.147 e. The van der Waals surface area contributed by atoms with Crippen LogP contribution in [0, 0.1) is 5.82 Å². The van der Waals surface area contributed by atoms with E-state index in [1.807, 2.05) is 18.2 Å². The van der Waals surface area contributed by atoms with Gasteiger partial charge in [0.05, 0.1) is 10.8 Å². The van der Waals surface area contributed by atoms with Gasteiger partial charge in [0.15, 0.2) is 0 Å². The molecule has 0 aliphatic rings. The number of carbonyl (C=O) groups excluding carboxylic acids is 1. The van der Waals surface area contributed by atoms with Crippen LogP contribution < -0.4 is 0 Å². The Kier molecular flexibility index (Phi) is 5.00. The second-order valence-corrected chi connectivity index (χ2v) is 5.45. The van der Waals surface area contributed by atoms with Gasteiger partial charge in [-0.15, -0.1) is 11.8 Å². The molecular formula is C15H12ClFOS. The van der Waals surface area contributed by atoms with Crippen molar-refractivity contribution in [2.45, 2.75) is 11.3 Å². The largest absolute Gasteiger partial charge is 0.298 e. The van der Waals surface area contributed by atoms with E-state index in [-0.39, 0.29) is 23.8 Å². The molecule has 2 rings (SSSR count). The molecule has 0 unspecified atom stereocenters. The van der Waals surface area contributed by atoms with Crippen LogP contribution in [0.25, 0.3) is 0 Å². The maximum atomic E-state index is 13.4. The molecule has 0 aliphatic carbocycles. The number of hydrogen-bond acceptors (Lipinski definition) is 2. The summed E-state index contributed by atoms with van der Waals surface area (Å²) in [5.41, 5.74) is 0.437. The lowest BCUT2D eigenvalue weighted by Crippen LogP contribution is -2.07. The minimum Gasteiger partial charge on any atom is -0.298 e. The van der Waals surface area contributed by atoms with Gasteiger partial charge in [-0.3, -0.25) is 4.79 Å². The van der Waals surface area contributed by atoms with Crippen LogP contribution in [0.15, 0.2) is 53.4 Å². The van der Waals surface area contributed by atoms with Crippen molar-refractivity contribution in [1.29, 1.82) is 0 Å². The highest BCUT2D eigenvalue weighted by molar-refractivity contribution is 8.00. The van der Waals surface area contributed by atoms with Crippen molar-refractivity contribution < 1.29 is 9.18 Å². The zero-order chi connectivity index (χ0) is 13.7. The average Bonchev–Trinajstić information content (AvgIpc) is 2.40. The van der Waals surface area contributed by atoms with Crippen molar-refractivity contribution in [3.8, 4) is 0 Å². The second-order valence-electron chi connectivity index (χ2n) is 4.03. The molecule has 0 fully saturated rings. The van der Waals surface area contributed by atoms with E-state index < -0.39 is 0 Å². The fourth-order valence-electron chi connectivity index (χ4n) is 1.63. The summed E-state index contributed by atoms with van der Waals surface area (Å²) in [5, 5.41) is 0.631. The highest BCUT2D eigenvalue weighted by atomic mass is 35.5. The minimum atomic E-state index is -0.335. The van der Waals surface area contributed by atoms with Crippen molar-refractivity contribution in [1.82, 2.24) is 0 Å². The Hall–Kier alpha value is -1.32. The summed E-state index contributed by atoms with van der Waals surface area (Å²) < 4.78 is 13.4. The molecule has 0 N–H and O–H groups in total. The first-order chi connectivity index (χ1) is 9.16. The third-order valence-electron chi connectivity index (χ3n) is 2.57. The molecule has 4 heteroatoms. The number of hydrogen-bond donors (Lipinski definition) is 0. The van der Waals surface area contributed by atoms with Crippen molar-refractivity contribution in [3.05, 3.63) is 64.9 Å². The van der Waals surface area contributed by atoms with Crippen molar-refractivity contribution >= 4 is 29.1 Å². The normalized spacial score (nSPS) is 10.4. The first kappa shape index (κ1) is 14.1. The number of Topliss-reactive ketones (excluding diaryl/α,β-unsaturated/α-hetero) is 1. The fourth-order valence-corrected chi connectivity index (χ4v) is 2.72. The van der Waals surface area contributed by atoms with Gasteiger partial charge in [0.2, 0.25) is 0 Å². The summed E-state index contributed by atoms with van der Waals surface area (Å²) in [4.78, 5) is 12.7. The highest BCUT2D eigenvalue weighted by Gasteiger charge is 2.09. The van der Waals surface area contributed by atoms with E-state index in [4.69, 9.17) is 11.6 Å². The molecule has 0 amide bonds. The van der Waals surface area contributed by atoms with Gasteiger partial charge in [0, 0.05) is 11.3 Å². The molecule has 2 aromatic rings. The summed E-state index contributed by atoms with van der Waals surface area (Å²) in [6.07, 6.45) is 0.115. The second kappa shape index (κ2) is 6.73.